The Morgan fingerprint density at radius 1 is 1.00 bits per heavy atom. The van der Waals surface area contributed by atoms with Crippen molar-refractivity contribution in [3.8, 4) is 22.6 Å². The molecule has 122 valence electrons. The van der Waals surface area contributed by atoms with Crippen LogP contribution < -0.4 is 5.73 Å². The van der Waals surface area contributed by atoms with Crippen LogP contribution in [-0.4, -0.2) is 20.3 Å². The highest BCUT2D eigenvalue weighted by molar-refractivity contribution is 5.93. The number of carbonyl (C=O) groups excluding carboxylic acids is 1. The van der Waals surface area contributed by atoms with E-state index in [-0.39, 0.29) is 5.82 Å². The summed E-state index contributed by atoms with van der Waals surface area (Å²) in [6.07, 6.45) is 5.21. The fourth-order valence-corrected chi connectivity index (χ4v) is 2.69. The van der Waals surface area contributed by atoms with E-state index in [1.165, 1.54) is 12.1 Å². The van der Waals surface area contributed by atoms with Crippen molar-refractivity contribution in [2.45, 2.75) is 0 Å². The predicted molar refractivity (Wildman–Crippen MR) is 92.3 cm³/mol. The van der Waals surface area contributed by atoms with Gasteiger partial charge in [-0.1, -0.05) is 24.3 Å². The minimum Gasteiger partial charge on any atom is -0.366 e. The average molecular weight is 332 g/mol. The number of amides is 1. The van der Waals surface area contributed by atoms with Crippen molar-refractivity contribution in [3.05, 3.63) is 78.5 Å². The van der Waals surface area contributed by atoms with Gasteiger partial charge in [-0.25, -0.2) is 9.37 Å². The van der Waals surface area contributed by atoms with Crippen LogP contribution in [0.25, 0.3) is 28.2 Å². The summed E-state index contributed by atoms with van der Waals surface area (Å²) in [6.45, 7) is 0. The minimum atomic E-state index is -0.475. The molecule has 0 aliphatic rings. The van der Waals surface area contributed by atoms with Crippen molar-refractivity contribution >= 4 is 11.4 Å². The molecule has 0 saturated carbocycles. The third-order valence-corrected chi connectivity index (χ3v) is 3.96. The Kier molecular flexibility index (Phi) is 3.50. The molecule has 4 rings (SSSR count). The Morgan fingerprint density at radius 2 is 1.76 bits per heavy atom. The van der Waals surface area contributed by atoms with Gasteiger partial charge < -0.3 is 5.73 Å². The monoisotopic (exact) mass is 332 g/mol. The maximum absolute atomic E-state index is 13.5. The summed E-state index contributed by atoms with van der Waals surface area (Å²) in [5.74, 6) is -0.0875. The Hall–Kier alpha value is -3.54. The van der Waals surface area contributed by atoms with Gasteiger partial charge in [0.15, 0.2) is 0 Å². The number of rotatable bonds is 3. The molecule has 0 radical (unpaired) electrons. The quantitative estimate of drug-likeness (QED) is 0.625. The van der Waals surface area contributed by atoms with Crippen molar-refractivity contribution in [3.63, 3.8) is 0 Å². The first kappa shape index (κ1) is 15.0. The fourth-order valence-electron chi connectivity index (χ4n) is 2.69. The van der Waals surface area contributed by atoms with Crippen LogP contribution in [0.3, 0.4) is 0 Å². The van der Waals surface area contributed by atoms with Crippen molar-refractivity contribution in [1.29, 1.82) is 0 Å². The van der Waals surface area contributed by atoms with Crippen LogP contribution in [0.1, 0.15) is 10.4 Å². The topological polar surface area (TPSA) is 73.3 Å². The zero-order chi connectivity index (χ0) is 17.4. The van der Waals surface area contributed by atoms with Gasteiger partial charge in [0, 0.05) is 22.9 Å². The first-order chi connectivity index (χ1) is 12.1. The summed E-state index contributed by atoms with van der Waals surface area (Å²) in [5, 5.41) is 0. The largest absolute Gasteiger partial charge is 0.366 e. The van der Waals surface area contributed by atoms with E-state index in [2.05, 4.69) is 9.97 Å². The van der Waals surface area contributed by atoms with E-state index in [1.54, 1.807) is 48.8 Å². The summed E-state index contributed by atoms with van der Waals surface area (Å²) in [6, 6.07) is 13.2. The second-order valence-electron chi connectivity index (χ2n) is 5.60. The molecule has 0 fully saturated rings. The molecule has 0 saturated heterocycles. The number of carbonyl (C=O) groups is 1. The summed E-state index contributed by atoms with van der Waals surface area (Å²) < 4.78 is 15.4. The van der Waals surface area contributed by atoms with Crippen LogP contribution in [0.4, 0.5) is 4.39 Å². The van der Waals surface area contributed by atoms with Gasteiger partial charge in [0.1, 0.15) is 11.6 Å². The van der Waals surface area contributed by atoms with E-state index < -0.39 is 5.91 Å². The molecule has 1 amide bonds. The van der Waals surface area contributed by atoms with E-state index in [0.717, 1.165) is 11.1 Å². The van der Waals surface area contributed by atoms with Crippen LogP contribution in [0.2, 0.25) is 0 Å². The van der Waals surface area contributed by atoms with Crippen LogP contribution >= 0.6 is 0 Å². The smallest absolute Gasteiger partial charge is 0.248 e. The lowest BCUT2D eigenvalue weighted by atomic mass is 10.1. The average Bonchev–Trinajstić information content (AvgIpc) is 3.05. The highest BCUT2D eigenvalue weighted by Crippen LogP contribution is 2.23. The first-order valence-electron chi connectivity index (χ1n) is 7.61. The van der Waals surface area contributed by atoms with Crippen LogP contribution in [0.15, 0.2) is 67.1 Å². The Labute approximate surface area is 142 Å². The molecule has 0 bridgehead atoms. The van der Waals surface area contributed by atoms with Gasteiger partial charge in [-0.05, 0) is 24.3 Å². The molecule has 2 heterocycles. The van der Waals surface area contributed by atoms with Gasteiger partial charge >= 0.3 is 0 Å². The van der Waals surface area contributed by atoms with Crippen molar-refractivity contribution in [2.75, 3.05) is 0 Å². The number of nitrogens with zero attached hydrogens (tertiary/aromatic N) is 3. The maximum Gasteiger partial charge on any atom is 0.248 e. The minimum absolute atomic E-state index is 0.313. The standard InChI is InChI=1S/C19H13FN4O/c20-15-3-1-2-14(8-15)17-11-24-16(9-22-17)10-23-19(24)13-6-4-12(5-7-13)18(21)25/h1-11H,(H2,21,25). The maximum atomic E-state index is 13.5. The Balaban J connectivity index is 1.82. The third kappa shape index (κ3) is 2.74. The molecule has 2 aromatic carbocycles. The number of fused-ring (bicyclic) bond motifs is 1. The van der Waals surface area contributed by atoms with Gasteiger partial charge in [0.2, 0.25) is 5.91 Å². The number of hydrogen-bond donors (Lipinski definition) is 1. The SMILES string of the molecule is NC(=O)c1ccc(-c2ncc3cnc(-c4cccc(F)c4)cn23)cc1. The molecule has 2 N–H and O–H groups in total. The van der Waals surface area contributed by atoms with Crippen LogP contribution in [-0.2, 0) is 0 Å². The van der Waals surface area contributed by atoms with E-state index >= 15 is 0 Å². The number of hydrogen-bond acceptors (Lipinski definition) is 3. The van der Waals surface area contributed by atoms with Crippen molar-refractivity contribution < 1.29 is 9.18 Å². The number of primary amides is 1. The van der Waals surface area contributed by atoms with Crippen molar-refractivity contribution in [1.82, 2.24) is 14.4 Å². The normalized spacial score (nSPS) is 10.9. The summed E-state index contributed by atoms with van der Waals surface area (Å²) in [4.78, 5) is 20.0. The summed E-state index contributed by atoms with van der Waals surface area (Å²) in [5.41, 5.74) is 8.68. The van der Waals surface area contributed by atoms with Gasteiger partial charge in [-0.3, -0.25) is 14.2 Å². The summed E-state index contributed by atoms with van der Waals surface area (Å²) in [7, 11) is 0. The molecule has 5 nitrogen and oxygen atoms in total. The third-order valence-electron chi connectivity index (χ3n) is 3.96. The van der Waals surface area contributed by atoms with Gasteiger partial charge in [-0.15, -0.1) is 0 Å². The first-order valence-corrected chi connectivity index (χ1v) is 7.61. The zero-order valence-electron chi connectivity index (χ0n) is 13.1. The van der Waals surface area contributed by atoms with Gasteiger partial charge in [0.05, 0.1) is 23.6 Å². The second kappa shape index (κ2) is 5.83. The fraction of sp³-hybridized carbons (Fsp3) is 0. The van der Waals surface area contributed by atoms with Gasteiger partial charge in [0.25, 0.3) is 0 Å². The number of nitrogens with two attached hydrogens (primary N) is 1. The molecule has 2 aromatic heterocycles. The number of imidazole rings is 1. The highest BCUT2D eigenvalue weighted by atomic mass is 19.1. The van der Waals surface area contributed by atoms with E-state index in [0.29, 0.717) is 22.6 Å². The van der Waals surface area contributed by atoms with E-state index in [9.17, 15) is 9.18 Å². The molecule has 0 atom stereocenters. The lowest BCUT2D eigenvalue weighted by molar-refractivity contribution is 0.100. The molecule has 0 unspecified atom stereocenters. The van der Waals surface area contributed by atoms with Crippen molar-refractivity contribution in [2.24, 2.45) is 5.73 Å². The number of halogens is 1. The molecule has 0 spiro atoms. The lowest BCUT2D eigenvalue weighted by Gasteiger charge is -2.06. The molecule has 0 aliphatic heterocycles. The lowest BCUT2D eigenvalue weighted by Crippen LogP contribution is -2.10. The summed E-state index contributed by atoms with van der Waals surface area (Å²) >= 11 is 0. The molecule has 6 heteroatoms. The number of aromatic nitrogens is 3. The highest BCUT2D eigenvalue weighted by Gasteiger charge is 2.10. The van der Waals surface area contributed by atoms with Crippen LogP contribution in [0.5, 0.6) is 0 Å². The molecular weight excluding hydrogens is 319 g/mol. The predicted octanol–water partition coefficient (Wildman–Crippen LogP) is 3.30. The van der Waals surface area contributed by atoms with Crippen LogP contribution in [0, 0.1) is 5.82 Å². The zero-order valence-corrected chi connectivity index (χ0v) is 13.1. The molecule has 0 aliphatic carbocycles. The Bertz CT molecular complexity index is 1090. The van der Waals surface area contributed by atoms with E-state index in [1.807, 2.05) is 10.6 Å². The number of benzene rings is 2. The molecular formula is C19H13FN4O. The molecule has 25 heavy (non-hydrogen) atoms. The second-order valence-corrected chi connectivity index (χ2v) is 5.60. The van der Waals surface area contributed by atoms with Gasteiger partial charge in [-0.2, -0.15) is 0 Å². The Morgan fingerprint density at radius 3 is 2.48 bits per heavy atom. The van der Waals surface area contributed by atoms with E-state index in [4.69, 9.17) is 5.73 Å². The molecule has 4 aromatic rings.